The van der Waals surface area contributed by atoms with Gasteiger partial charge in [0.2, 0.25) is 2.86 Å². The number of hydrogen-bond acceptors (Lipinski definition) is 25. The molecule has 0 bridgehead atoms. The van der Waals surface area contributed by atoms with Crippen molar-refractivity contribution in [3.8, 4) is 5.75 Å². The van der Waals surface area contributed by atoms with Gasteiger partial charge in [0, 0.05) is 166 Å². The Labute approximate surface area is 899 Å². The molecule has 2 unspecified atom stereocenters. The number of thiol groups is 2. The number of aliphatic hydroxyl groups excluding tert-OH is 2. The van der Waals surface area contributed by atoms with E-state index in [1.807, 2.05) is 65.8 Å². The summed E-state index contributed by atoms with van der Waals surface area (Å²) in [4.78, 5) is 90.5. The number of aliphatic hydroxyl groups is 2. The number of nitrogens with two attached hydrogens (primary N) is 1. The molecule has 0 radical (unpaired) electrons. The van der Waals surface area contributed by atoms with Crippen LogP contribution in [-0.4, -0.2) is 177 Å². The number of cyclic esters (lactones) is 3. The summed E-state index contributed by atoms with van der Waals surface area (Å²) < 4.78 is 54.0. The molecule has 8 aromatic rings. The van der Waals surface area contributed by atoms with Gasteiger partial charge in [-0.2, -0.15) is 7.11 Å². The molecule has 15 rings (SSSR count). The van der Waals surface area contributed by atoms with Crippen molar-refractivity contribution in [3.63, 3.8) is 0 Å². The molecule has 0 spiro atoms. The number of aryl methyl sites for hydroxylation is 8. The van der Waals surface area contributed by atoms with Crippen molar-refractivity contribution < 1.29 is 107 Å². The van der Waals surface area contributed by atoms with Gasteiger partial charge in [-0.15, -0.1) is 0 Å². The maximum atomic E-state index is 12.4. The zero-order valence-corrected chi connectivity index (χ0v) is 92.5. The Morgan fingerprint density at radius 1 is 0.503 bits per heavy atom. The molecule has 31 heteroatoms. The molecule has 5 N–H and O–H groups in total. The zero-order valence-electron chi connectivity index (χ0n) is 91.1. The SMILES string of the molecule is C.C[O-].Cc1ccc(CBr)cc1[N+](=O)[O-].Cc1ccc([C@@H]2CCC(=O)OC2)cc1N1CCCC1.Cc1ccc([C@H]2COC(=O)C(Cc3ccc(C)c([N+](=O)[O-])c3)C2)cc1N1CCCC1.Cc1ccc([C@H]2COC(=O)C(Cc3ccc(O)c(N)c3)C2)cc1N1CCCC1.[2H]B(C)S.[2H]B(C)S.[3H]OC[C@@H](CCC(=O)OC(C)(C)C)c1ccc(C)c(C)c1.[3H]OC[C@@H](CCC(=O)OC(C)(C)C)c1ccc(C)c(N2CCCC2)c1.[Na+]. The number of aromatic hydroxyl groups is 1. The van der Waals surface area contributed by atoms with Gasteiger partial charge in [0.15, 0.2) is 13.0 Å². The molecule has 25 nitrogen and oxygen atoms in total. The first-order valence-electron chi connectivity index (χ1n) is 51.6. The van der Waals surface area contributed by atoms with Crippen LogP contribution in [0.15, 0.2) is 146 Å². The number of nitrogen functional groups attached to an aromatic ring is 1. The van der Waals surface area contributed by atoms with Gasteiger partial charge >= 0.3 is 59.4 Å². The van der Waals surface area contributed by atoms with E-state index in [4.69, 9.17) is 40.1 Å². The number of carbonyl (C=O) groups excluding carboxylic acids is 5. The molecule has 7 aliphatic rings. The van der Waals surface area contributed by atoms with Crippen molar-refractivity contribution in [1.29, 1.82) is 5.53 Å². The average Bonchev–Trinajstić information content (AvgIpc) is 1.76. The summed E-state index contributed by atoms with van der Waals surface area (Å²) in [6, 6.07) is 48.2. The minimum absolute atomic E-state index is 0. The van der Waals surface area contributed by atoms with Gasteiger partial charge in [-0.05, 0) is 310 Å². The summed E-state index contributed by atoms with van der Waals surface area (Å²) in [5.41, 5.74) is 28.4. The number of ether oxygens (including phenoxy) is 5. The summed E-state index contributed by atoms with van der Waals surface area (Å²) in [6.07, 6.45) is 15.9. The minimum atomic E-state index is -0.467. The van der Waals surface area contributed by atoms with Crippen molar-refractivity contribution in [2.75, 3.05) is 118 Å². The minimum Gasteiger partial charge on any atom is -0.857 e. The Balaban J connectivity index is 0.000000308. The number of benzene rings is 8. The molecule has 7 aliphatic heterocycles. The normalized spacial score (nSPS) is 18.0. The van der Waals surface area contributed by atoms with Gasteiger partial charge < -0.3 is 69.4 Å². The van der Waals surface area contributed by atoms with Gasteiger partial charge in [-0.3, -0.25) is 44.2 Å². The topological polar surface area (TPSA) is 341 Å². The van der Waals surface area contributed by atoms with Crippen LogP contribution < -0.4 is 60.0 Å². The molecule has 143 heavy (non-hydrogen) atoms. The van der Waals surface area contributed by atoms with Crippen molar-refractivity contribution in [2.24, 2.45) is 11.8 Å². The van der Waals surface area contributed by atoms with Crippen LogP contribution in [0.3, 0.4) is 0 Å². The molecule has 0 aromatic heterocycles. The second kappa shape index (κ2) is 62.8. The van der Waals surface area contributed by atoms with E-state index in [0.717, 1.165) is 87.0 Å². The standard InChI is InChI=1S/C24H28N2O4.C23H28N2O3.C20H31NO3.C17H26O3.C16H21NO2.C8H8BrNO2.2CH5BS.CH3O.CH4.Na/c1-16-6-8-19(14-22(16)25-9-3-4-10-25)21-13-20(24(27)30-15-21)11-18-7-5-17(2)23(12-18)26(28)29;1-15-4-6-17(13-21(15)25-8-2-3-9-25)19-12-18(23(27)28-14-19)10-16-5-7-22(26)20(24)11-16;1-15-7-8-16(13-18(15)21-11-5-6-12-21)17(14-22)9-10-19(23)24-20(2,3)4;1-12-6-7-14(10-13(12)2)15(11-18)8-9-16(19)20-17(3,4)5;1-12-4-5-13(14-6-7-16(18)19-11-14)10-15(12)17-8-2-3-9-17;1-6-2-3-7(5-9)4-8(6)10(11)12;2*1-2-3;1-2;;/h5-8,12,14,20-21H,3-4,9-11,13,15H2,1-2H3;4-7,11,13,18-19,26H,2-3,8-10,12,14,24H2,1H3;7-8,13,17,22H,5-6,9-12,14H2,1-4H3;6-7,10,15,18H,8-9,11H2,1-5H3;4-5,10,14H,2-3,6-9,11H2,1H3;2-4H,5H2,1H3;2*2-3H,1H3;1H3;1H4;/q;;;;;;;;-1;;+1/t20?,21-;18?,19-;17-;15-;14-;;;;;;/m11111....../s1/i;;22T;18T;;;2*2D;;;. The third kappa shape index (κ3) is 40.6. The number of phenolic OH excluding ortho intramolecular Hbond substituents is 1. The summed E-state index contributed by atoms with van der Waals surface area (Å²) in [7, 11) is 0.750. The van der Waals surface area contributed by atoms with Crippen LogP contribution in [0.25, 0.3) is 0 Å². The van der Waals surface area contributed by atoms with Crippen LogP contribution in [0.1, 0.15) is 270 Å². The van der Waals surface area contributed by atoms with Crippen LogP contribution in [0, 0.1) is 87.5 Å². The molecule has 0 saturated carbocycles. The van der Waals surface area contributed by atoms with Crippen LogP contribution in [0.5, 0.6) is 5.75 Å². The van der Waals surface area contributed by atoms with Crippen LogP contribution in [0.4, 0.5) is 39.8 Å². The Kier molecular flexibility index (Phi) is 51.6. The Hall–Kier alpha value is -9.10. The van der Waals surface area contributed by atoms with E-state index >= 15 is 0 Å². The van der Waals surface area contributed by atoms with E-state index in [0.29, 0.717) is 99.2 Å². The van der Waals surface area contributed by atoms with Gasteiger partial charge in [-0.25, -0.2) is 25.0 Å². The second-order valence-electron chi connectivity index (χ2n) is 39.4. The summed E-state index contributed by atoms with van der Waals surface area (Å²) in [5.74, 6) is -0.436. The largest absolute Gasteiger partial charge is 1.00 e. The van der Waals surface area contributed by atoms with E-state index in [-0.39, 0.29) is 156 Å². The van der Waals surface area contributed by atoms with E-state index < -0.39 is 11.2 Å². The van der Waals surface area contributed by atoms with Crippen LogP contribution in [0.2, 0.25) is 13.6 Å². The molecule has 7 atom stereocenters. The summed E-state index contributed by atoms with van der Waals surface area (Å²) >= 11 is 10.5. The molecular formula is C112H159B2BrN7NaO18S2. The Morgan fingerprint density at radius 2 is 0.832 bits per heavy atom. The number of hydrogen-bond donors (Lipinski definition) is 6. The smallest absolute Gasteiger partial charge is 0.857 e. The maximum absolute atomic E-state index is 12.4. The first-order valence-corrected chi connectivity index (χ1v) is 51.8. The Bertz CT molecular complexity index is 5470. The second-order valence-corrected chi connectivity index (χ2v) is 41.0. The van der Waals surface area contributed by atoms with E-state index in [1.54, 1.807) is 63.9 Å². The molecule has 8 aromatic carbocycles. The summed E-state index contributed by atoms with van der Waals surface area (Å²) in [6.45, 7) is 41.3. The number of carbonyl (C=O) groups is 5. The number of alkyl halides is 1. The third-order valence-electron chi connectivity index (χ3n) is 26.2. The molecule has 7 heterocycles. The van der Waals surface area contributed by atoms with Crippen molar-refractivity contribution in [2.45, 2.75) is 280 Å². The fourth-order valence-electron chi connectivity index (χ4n) is 18.3. The van der Waals surface area contributed by atoms with Gasteiger partial charge in [0.05, 0.1) is 47.2 Å². The average molecular weight is 2090 g/mol. The maximum Gasteiger partial charge on any atom is 1.00 e. The number of rotatable bonds is 26. The van der Waals surface area contributed by atoms with E-state index in [2.05, 4.69) is 197 Å². The zero-order chi connectivity index (χ0) is 107. The van der Waals surface area contributed by atoms with Gasteiger partial charge in [0.1, 0.15) is 17.0 Å². The van der Waals surface area contributed by atoms with E-state index in [9.17, 15) is 49.3 Å². The van der Waals surface area contributed by atoms with Crippen LogP contribution in [-0.2, 0) is 65.8 Å². The fraction of sp³-hybridized carbons (Fsp3) is 0.527. The predicted molar refractivity (Wildman–Crippen MR) is 588 cm³/mol. The number of anilines is 5. The first kappa shape index (κ1) is 117. The number of nitro groups is 2. The molecule has 0 amide bonds. The van der Waals surface area contributed by atoms with Crippen molar-refractivity contribution >= 4 is 124 Å². The quantitative estimate of drug-likeness (QED) is 0.00337. The number of nitrogens with zero attached hydrogens (tertiary/aromatic N) is 6. The predicted octanol–water partition coefficient (Wildman–Crippen LogP) is 18.8. The molecule has 776 valence electrons. The molecule has 7 fully saturated rings. The van der Waals surface area contributed by atoms with Crippen molar-refractivity contribution in [1.82, 2.24) is 0 Å². The number of nitro benzene ring substituents is 2. The number of halogens is 1. The van der Waals surface area contributed by atoms with Crippen LogP contribution >= 0.6 is 40.9 Å². The fourth-order valence-corrected chi connectivity index (χ4v) is 18.7. The monoisotopic (exact) mass is 2080 g/mol. The van der Waals surface area contributed by atoms with Gasteiger partial charge in [-0.1, -0.05) is 134 Å². The first-order chi connectivity index (χ1) is 68.8. The molecule has 0 aliphatic carbocycles. The Morgan fingerprint density at radius 3 is 1.18 bits per heavy atom. The summed E-state index contributed by atoms with van der Waals surface area (Å²) in [5, 5.41) is 49.5. The molecule has 7 saturated heterocycles. The van der Waals surface area contributed by atoms with E-state index in [1.165, 1.54) is 137 Å². The van der Waals surface area contributed by atoms with Crippen molar-refractivity contribution in [3.05, 3.63) is 255 Å². The number of phenols is 1. The number of esters is 5. The third-order valence-corrected chi connectivity index (χ3v) is 26.8. The van der Waals surface area contributed by atoms with Gasteiger partial charge in [0.25, 0.3) is 11.4 Å². The molecular weight excluding hydrogens is 1920 g/mol.